The number of aromatic amines is 1. The average Bonchev–Trinajstić information content (AvgIpc) is 2.88. The molecule has 5 nitrogen and oxygen atoms in total. The molecule has 0 radical (unpaired) electrons. The van der Waals surface area contributed by atoms with E-state index < -0.39 is 11.1 Å². The van der Waals surface area contributed by atoms with Gasteiger partial charge < -0.3 is 14.3 Å². The fourth-order valence-electron chi connectivity index (χ4n) is 1.88. The Morgan fingerprint density at radius 3 is 2.60 bits per heavy atom. The Kier molecular flexibility index (Phi) is 3.49. The number of nitrogens with one attached hydrogen (secondary N) is 1. The van der Waals surface area contributed by atoms with E-state index in [-0.39, 0.29) is 0 Å². The van der Waals surface area contributed by atoms with Gasteiger partial charge in [-0.2, -0.15) is 0 Å². The molecule has 3 aromatic rings. The van der Waals surface area contributed by atoms with Crippen molar-refractivity contribution in [1.29, 1.82) is 0 Å². The molecule has 0 saturated heterocycles. The van der Waals surface area contributed by atoms with Gasteiger partial charge in [0.25, 0.3) is 0 Å². The summed E-state index contributed by atoms with van der Waals surface area (Å²) in [6.45, 7) is 0.316. The van der Waals surface area contributed by atoms with Crippen molar-refractivity contribution in [3.63, 3.8) is 0 Å². The summed E-state index contributed by atoms with van der Waals surface area (Å²) in [4.78, 5) is 7.92. The predicted molar refractivity (Wildman–Crippen MR) is 75.9 cm³/mol. The van der Waals surface area contributed by atoms with E-state index in [0.717, 1.165) is 16.9 Å². The number of benzene rings is 2. The summed E-state index contributed by atoms with van der Waals surface area (Å²) in [7, 11) is 0. The monoisotopic (exact) mass is 288 g/mol. The van der Waals surface area contributed by atoms with Crippen LogP contribution in [-0.2, 0) is 17.7 Å². The molecule has 0 aliphatic carbocycles. The van der Waals surface area contributed by atoms with E-state index in [1.165, 1.54) is 0 Å². The zero-order valence-corrected chi connectivity index (χ0v) is 11.3. The SMILES string of the molecule is O=S(O)c1ccc(OCc2nc3ccccc3[nH]2)cc1. The maximum absolute atomic E-state index is 10.8. The van der Waals surface area contributed by atoms with Crippen molar-refractivity contribution in [2.75, 3.05) is 0 Å². The van der Waals surface area contributed by atoms with Gasteiger partial charge in [0, 0.05) is 0 Å². The second kappa shape index (κ2) is 5.44. The topological polar surface area (TPSA) is 75.2 Å². The van der Waals surface area contributed by atoms with Crippen LogP contribution in [0.1, 0.15) is 5.82 Å². The van der Waals surface area contributed by atoms with Gasteiger partial charge in [0.2, 0.25) is 0 Å². The Hall–Kier alpha value is -2.18. The number of imidazole rings is 1. The van der Waals surface area contributed by atoms with E-state index in [1.54, 1.807) is 24.3 Å². The molecule has 0 fully saturated rings. The number of fused-ring (bicyclic) bond motifs is 1. The van der Waals surface area contributed by atoms with Crippen LogP contribution in [0.4, 0.5) is 0 Å². The number of nitrogens with zero attached hydrogens (tertiary/aromatic N) is 1. The molecule has 1 unspecified atom stereocenters. The van der Waals surface area contributed by atoms with Crippen LogP contribution in [0.2, 0.25) is 0 Å². The molecule has 0 bridgehead atoms. The molecule has 6 heteroatoms. The van der Waals surface area contributed by atoms with Crippen LogP contribution in [0.3, 0.4) is 0 Å². The maximum Gasteiger partial charge on any atom is 0.186 e. The van der Waals surface area contributed by atoms with E-state index in [1.807, 2.05) is 24.3 Å². The molecule has 1 atom stereocenters. The van der Waals surface area contributed by atoms with Gasteiger partial charge in [0.1, 0.15) is 18.2 Å². The molecule has 102 valence electrons. The number of hydrogen-bond donors (Lipinski definition) is 2. The highest BCUT2D eigenvalue weighted by Gasteiger charge is 2.04. The Balaban J connectivity index is 1.71. The van der Waals surface area contributed by atoms with Gasteiger partial charge in [-0.05, 0) is 36.4 Å². The summed E-state index contributed by atoms with van der Waals surface area (Å²) in [5.74, 6) is 1.36. The third kappa shape index (κ3) is 2.71. The van der Waals surface area contributed by atoms with Gasteiger partial charge in [-0.25, -0.2) is 9.19 Å². The molecule has 0 amide bonds. The van der Waals surface area contributed by atoms with Gasteiger partial charge in [-0.1, -0.05) is 12.1 Å². The van der Waals surface area contributed by atoms with Crippen molar-refractivity contribution in [2.24, 2.45) is 0 Å². The van der Waals surface area contributed by atoms with Crippen LogP contribution in [0.15, 0.2) is 53.4 Å². The van der Waals surface area contributed by atoms with Gasteiger partial charge in [0.05, 0.1) is 15.9 Å². The van der Waals surface area contributed by atoms with Crippen molar-refractivity contribution < 1.29 is 13.5 Å². The minimum atomic E-state index is -1.96. The lowest BCUT2D eigenvalue weighted by Crippen LogP contribution is -1.97. The van der Waals surface area contributed by atoms with Crippen LogP contribution in [0.5, 0.6) is 5.75 Å². The van der Waals surface area contributed by atoms with Crippen molar-refractivity contribution in [3.05, 3.63) is 54.4 Å². The third-order valence-corrected chi connectivity index (χ3v) is 3.51. The standard InChI is InChI=1S/C14H12N2O3S/c17-20(18)11-7-5-10(6-8-11)19-9-14-15-12-3-1-2-4-13(12)16-14/h1-8H,9H2,(H,15,16)(H,17,18). The molecule has 20 heavy (non-hydrogen) atoms. The lowest BCUT2D eigenvalue weighted by Gasteiger charge is -2.04. The number of H-pyrrole nitrogens is 1. The Labute approximate surface area is 117 Å². The molecule has 2 N–H and O–H groups in total. The second-order valence-electron chi connectivity index (χ2n) is 4.21. The molecule has 1 aromatic heterocycles. The lowest BCUT2D eigenvalue weighted by atomic mass is 10.3. The van der Waals surface area contributed by atoms with Crippen molar-refractivity contribution in [3.8, 4) is 5.75 Å². The van der Waals surface area contributed by atoms with Gasteiger partial charge in [-0.15, -0.1) is 0 Å². The molecule has 0 spiro atoms. The van der Waals surface area contributed by atoms with Crippen molar-refractivity contribution in [2.45, 2.75) is 11.5 Å². The van der Waals surface area contributed by atoms with Gasteiger partial charge >= 0.3 is 0 Å². The van der Waals surface area contributed by atoms with Gasteiger partial charge in [0.15, 0.2) is 11.1 Å². The highest BCUT2D eigenvalue weighted by Crippen LogP contribution is 2.16. The first-order chi connectivity index (χ1) is 9.72. The maximum atomic E-state index is 10.8. The number of para-hydroxylation sites is 2. The number of hydrogen-bond acceptors (Lipinski definition) is 3. The summed E-state index contributed by atoms with van der Waals surface area (Å²) in [6, 6.07) is 14.2. The van der Waals surface area contributed by atoms with Crippen molar-refractivity contribution in [1.82, 2.24) is 9.97 Å². The van der Waals surface area contributed by atoms with E-state index in [4.69, 9.17) is 9.29 Å². The molecule has 0 aliphatic rings. The first-order valence-corrected chi connectivity index (χ1v) is 7.10. The molecule has 1 heterocycles. The molecule has 2 aromatic carbocycles. The van der Waals surface area contributed by atoms with Crippen LogP contribution >= 0.6 is 0 Å². The van der Waals surface area contributed by atoms with Gasteiger partial charge in [-0.3, -0.25) is 0 Å². The van der Waals surface area contributed by atoms with Crippen LogP contribution in [-0.4, -0.2) is 18.7 Å². The largest absolute Gasteiger partial charge is 0.486 e. The van der Waals surface area contributed by atoms with Crippen LogP contribution in [0.25, 0.3) is 11.0 Å². The van der Waals surface area contributed by atoms with Crippen molar-refractivity contribution >= 4 is 22.1 Å². The lowest BCUT2D eigenvalue weighted by molar-refractivity contribution is 0.297. The average molecular weight is 288 g/mol. The van der Waals surface area contributed by atoms with E-state index in [0.29, 0.717) is 17.3 Å². The zero-order valence-electron chi connectivity index (χ0n) is 10.4. The summed E-state index contributed by atoms with van der Waals surface area (Å²) < 4.78 is 25.3. The van der Waals surface area contributed by atoms with E-state index in [9.17, 15) is 4.21 Å². The third-order valence-electron chi connectivity index (χ3n) is 2.84. The van der Waals surface area contributed by atoms with E-state index >= 15 is 0 Å². The Morgan fingerprint density at radius 2 is 1.90 bits per heavy atom. The Bertz CT molecular complexity index is 719. The molecule has 3 rings (SSSR count). The molecular weight excluding hydrogens is 276 g/mol. The minimum Gasteiger partial charge on any atom is -0.486 e. The fourth-order valence-corrected chi connectivity index (χ4v) is 2.25. The number of aromatic nitrogens is 2. The minimum absolute atomic E-state index is 0.316. The second-order valence-corrected chi connectivity index (χ2v) is 5.18. The Morgan fingerprint density at radius 1 is 1.15 bits per heavy atom. The predicted octanol–water partition coefficient (Wildman–Crippen LogP) is 2.72. The molecule has 0 saturated carbocycles. The van der Waals surface area contributed by atoms with Crippen LogP contribution < -0.4 is 4.74 Å². The number of ether oxygens (including phenoxy) is 1. The fraction of sp³-hybridized carbons (Fsp3) is 0.0714. The highest BCUT2D eigenvalue weighted by atomic mass is 32.2. The smallest absolute Gasteiger partial charge is 0.186 e. The normalized spacial score (nSPS) is 12.4. The van der Waals surface area contributed by atoms with E-state index in [2.05, 4.69) is 9.97 Å². The zero-order chi connectivity index (χ0) is 13.9. The first kappa shape index (κ1) is 12.8. The highest BCUT2D eigenvalue weighted by molar-refractivity contribution is 7.79. The summed E-state index contributed by atoms with van der Waals surface area (Å²) in [5.41, 5.74) is 1.87. The quantitative estimate of drug-likeness (QED) is 0.724. The first-order valence-electron chi connectivity index (χ1n) is 6.00. The summed E-state index contributed by atoms with van der Waals surface area (Å²) in [6.07, 6.45) is 0. The van der Waals surface area contributed by atoms with Crippen LogP contribution in [0, 0.1) is 0 Å². The molecular formula is C14H12N2O3S. The summed E-state index contributed by atoms with van der Waals surface area (Å²) in [5, 5.41) is 0. The molecule has 0 aliphatic heterocycles. The number of rotatable bonds is 4. The summed E-state index contributed by atoms with van der Waals surface area (Å²) >= 11 is -1.96.